The van der Waals surface area contributed by atoms with Crippen LogP contribution in [0.3, 0.4) is 0 Å². The molecule has 1 aromatic rings. The Hall–Kier alpha value is -0.850. The van der Waals surface area contributed by atoms with Gasteiger partial charge in [-0.3, -0.25) is 4.99 Å². The van der Waals surface area contributed by atoms with Gasteiger partial charge >= 0.3 is 0 Å². The minimum Gasteiger partial charge on any atom is -0.352 e. The molecular formula is C14H23FIN3. The zero-order chi connectivity index (χ0) is 13.8. The van der Waals surface area contributed by atoms with E-state index in [0.29, 0.717) is 12.1 Å². The first-order valence-corrected chi connectivity index (χ1v) is 6.05. The van der Waals surface area contributed by atoms with Crippen molar-refractivity contribution in [3.05, 3.63) is 35.1 Å². The third-order valence-corrected chi connectivity index (χ3v) is 2.40. The number of aliphatic imine (C=N–C) groups is 1. The van der Waals surface area contributed by atoms with Gasteiger partial charge in [0.15, 0.2) is 5.96 Å². The maximum atomic E-state index is 13.1. The maximum absolute atomic E-state index is 13.1. The molecule has 0 spiro atoms. The predicted octanol–water partition coefficient (Wildman–Crippen LogP) is 3.22. The van der Waals surface area contributed by atoms with Gasteiger partial charge in [-0.15, -0.1) is 24.0 Å². The fraction of sp³-hybridized carbons (Fsp3) is 0.500. The number of rotatable bonds is 2. The molecule has 5 heteroatoms. The molecule has 0 aromatic heterocycles. The zero-order valence-corrected chi connectivity index (χ0v) is 14.5. The van der Waals surface area contributed by atoms with Crippen LogP contribution in [0.4, 0.5) is 4.39 Å². The predicted molar refractivity (Wildman–Crippen MR) is 89.6 cm³/mol. The first-order valence-electron chi connectivity index (χ1n) is 6.05. The molecule has 0 saturated heterocycles. The van der Waals surface area contributed by atoms with E-state index in [4.69, 9.17) is 0 Å². The van der Waals surface area contributed by atoms with Gasteiger partial charge in [-0.05, 0) is 44.9 Å². The number of nitrogens with one attached hydrogen (secondary N) is 2. The smallest absolute Gasteiger partial charge is 0.191 e. The van der Waals surface area contributed by atoms with Crippen LogP contribution in [0.1, 0.15) is 31.9 Å². The topological polar surface area (TPSA) is 36.4 Å². The molecule has 0 bridgehead atoms. The molecule has 0 radical (unpaired) electrons. The lowest BCUT2D eigenvalue weighted by Gasteiger charge is -2.23. The SMILES string of the molecule is CN=C(NCc1ccc(F)c(C)c1)NC(C)(C)C.I. The van der Waals surface area contributed by atoms with Crippen molar-refractivity contribution in [3.8, 4) is 0 Å². The van der Waals surface area contributed by atoms with Crippen LogP contribution >= 0.6 is 24.0 Å². The highest BCUT2D eigenvalue weighted by atomic mass is 127. The van der Waals surface area contributed by atoms with E-state index in [0.717, 1.165) is 11.5 Å². The van der Waals surface area contributed by atoms with E-state index in [1.54, 1.807) is 20.0 Å². The van der Waals surface area contributed by atoms with E-state index in [2.05, 4.69) is 36.4 Å². The van der Waals surface area contributed by atoms with Crippen LogP contribution < -0.4 is 10.6 Å². The summed E-state index contributed by atoms with van der Waals surface area (Å²) in [7, 11) is 1.73. The molecule has 2 N–H and O–H groups in total. The molecule has 19 heavy (non-hydrogen) atoms. The van der Waals surface area contributed by atoms with Gasteiger partial charge in [0, 0.05) is 19.1 Å². The van der Waals surface area contributed by atoms with E-state index in [9.17, 15) is 4.39 Å². The second-order valence-electron chi connectivity index (χ2n) is 5.38. The fourth-order valence-corrected chi connectivity index (χ4v) is 1.54. The van der Waals surface area contributed by atoms with Crippen LogP contribution in [-0.4, -0.2) is 18.5 Å². The van der Waals surface area contributed by atoms with Crippen molar-refractivity contribution in [1.82, 2.24) is 10.6 Å². The number of halogens is 2. The van der Waals surface area contributed by atoms with Crippen molar-refractivity contribution in [2.75, 3.05) is 7.05 Å². The Balaban J connectivity index is 0.00000324. The van der Waals surface area contributed by atoms with Crippen LogP contribution in [0.5, 0.6) is 0 Å². The van der Waals surface area contributed by atoms with Crippen LogP contribution in [0.2, 0.25) is 0 Å². The normalized spacial score (nSPS) is 11.8. The summed E-state index contributed by atoms with van der Waals surface area (Å²) in [5.74, 6) is 0.570. The van der Waals surface area contributed by atoms with Crippen LogP contribution in [0.25, 0.3) is 0 Å². The largest absolute Gasteiger partial charge is 0.352 e. The molecule has 0 fully saturated rings. The lowest BCUT2D eigenvalue weighted by molar-refractivity contribution is 0.501. The molecule has 3 nitrogen and oxygen atoms in total. The summed E-state index contributed by atoms with van der Waals surface area (Å²) in [6.07, 6.45) is 0. The number of hydrogen-bond acceptors (Lipinski definition) is 1. The standard InChI is InChI=1S/C14H22FN3.HI/c1-10-8-11(6-7-12(10)15)9-17-13(16-5)18-14(2,3)4;/h6-8H,9H2,1-5H3,(H2,16,17,18);1H. The van der Waals surface area contributed by atoms with Crippen LogP contribution in [0.15, 0.2) is 23.2 Å². The van der Waals surface area contributed by atoms with Gasteiger partial charge in [-0.1, -0.05) is 12.1 Å². The average molecular weight is 379 g/mol. The Morgan fingerprint density at radius 1 is 1.32 bits per heavy atom. The molecule has 1 aromatic carbocycles. The Morgan fingerprint density at radius 2 is 1.95 bits per heavy atom. The zero-order valence-electron chi connectivity index (χ0n) is 12.2. The highest BCUT2D eigenvalue weighted by molar-refractivity contribution is 14.0. The second-order valence-corrected chi connectivity index (χ2v) is 5.38. The number of aryl methyl sites for hydroxylation is 1. The highest BCUT2D eigenvalue weighted by Gasteiger charge is 2.11. The molecule has 0 aliphatic carbocycles. The highest BCUT2D eigenvalue weighted by Crippen LogP contribution is 2.09. The summed E-state index contributed by atoms with van der Waals surface area (Å²) in [6, 6.07) is 5.11. The van der Waals surface area contributed by atoms with Crippen molar-refractivity contribution in [3.63, 3.8) is 0 Å². The van der Waals surface area contributed by atoms with E-state index >= 15 is 0 Å². The van der Waals surface area contributed by atoms with Crippen molar-refractivity contribution >= 4 is 29.9 Å². The van der Waals surface area contributed by atoms with E-state index in [-0.39, 0.29) is 35.3 Å². The number of guanidine groups is 1. The average Bonchev–Trinajstić information content (AvgIpc) is 2.27. The number of benzene rings is 1. The maximum Gasteiger partial charge on any atom is 0.191 e. The summed E-state index contributed by atoms with van der Waals surface area (Å²) in [4.78, 5) is 4.15. The molecule has 0 heterocycles. The summed E-state index contributed by atoms with van der Waals surface area (Å²) in [5.41, 5.74) is 1.65. The second kappa shape index (κ2) is 7.67. The van der Waals surface area contributed by atoms with Gasteiger partial charge in [0.1, 0.15) is 5.82 Å². The minimum atomic E-state index is -0.170. The van der Waals surface area contributed by atoms with Gasteiger partial charge < -0.3 is 10.6 Å². The fourth-order valence-electron chi connectivity index (χ4n) is 1.54. The molecule has 108 valence electrons. The van der Waals surface area contributed by atoms with Gasteiger partial charge in [-0.2, -0.15) is 0 Å². The summed E-state index contributed by atoms with van der Waals surface area (Å²) in [6.45, 7) is 8.60. The van der Waals surface area contributed by atoms with Crippen molar-refractivity contribution < 1.29 is 4.39 Å². The summed E-state index contributed by atoms with van der Waals surface area (Å²) < 4.78 is 13.1. The van der Waals surface area contributed by atoms with E-state index in [1.807, 2.05) is 6.07 Å². The van der Waals surface area contributed by atoms with Crippen molar-refractivity contribution in [1.29, 1.82) is 0 Å². The Bertz CT molecular complexity index is 439. The Kier molecular flexibility index (Phi) is 7.33. The first-order chi connectivity index (χ1) is 8.31. The minimum absolute atomic E-state index is 0. The van der Waals surface area contributed by atoms with Gasteiger partial charge in [0.2, 0.25) is 0 Å². The van der Waals surface area contributed by atoms with E-state index in [1.165, 1.54) is 6.07 Å². The Labute approximate surface area is 132 Å². The van der Waals surface area contributed by atoms with Crippen molar-refractivity contribution in [2.45, 2.75) is 39.8 Å². The molecule has 0 amide bonds. The van der Waals surface area contributed by atoms with Gasteiger partial charge in [0.05, 0.1) is 0 Å². The quantitative estimate of drug-likeness (QED) is 0.470. The van der Waals surface area contributed by atoms with Crippen LogP contribution in [-0.2, 0) is 6.54 Å². The molecular weight excluding hydrogens is 356 g/mol. The molecule has 0 atom stereocenters. The monoisotopic (exact) mass is 379 g/mol. The van der Waals surface area contributed by atoms with Gasteiger partial charge in [0.25, 0.3) is 0 Å². The lowest BCUT2D eigenvalue weighted by atomic mass is 10.1. The third kappa shape index (κ3) is 6.75. The number of hydrogen-bond donors (Lipinski definition) is 2. The molecule has 0 saturated carbocycles. The van der Waals surface area contributed by atoms with Crippen LogP contribution in [0, 0.1) is 12.7 Å². The lowest BCUT2D eigenvalue weighted by Crippen LogP contribution is -2.47. The van der Waals surface area contributed by atoms with E-state index < -0.39 is 0 Å². The molecule has 0 aliphatic rings. The number of nitrogens with zero attached hydrogens (tertiary/aromatic N) is 1. The summed E-state index contributed by atoms with van der Waals surface area (Å²) in [5, 5.41) is 6.47. The molecule has 0 unspecified atom stereocenters. The summed E-state index contributed by atoms with van der Waals surface area (Å²) >= 11 is 0. The third-order valence-electron chi connectivity index (χ3n) is 2.40. The molecule has 1 rings (SSSR count). The Morgan fingerprint density at radius 3 is 2.42 bits per heavy atom. The first kappa shape index (κ1) is 18.1. The van der Waals surface area contributed by atoms with Crippen molar-refractivity contribution in [2.24, 2.45) is 4.99 Å². The van der Waals surface area contributed by atoms with Gasteiger partial charge in [-0.25, -0.2) is 4.39 Å². The molecule has 0 aliphatic heterocycles.